The average Bonchev–Trinajstić information content (AvgIpc) is 3.05. The molecule has 0 spiro atoms. The van der Waals surface area contributed by atoms with Crippen LogP contribution < -0.4 is 0 Å². The molecule has 0 saturated carbocycles. The second kappa shape index (κ2) is 6.50. The number of nitrogens with zero attached hydrogens (tertiary/aromatic N) is 3. The molecule has 2 atom stereocenters. The molecular formula is C17H20FN3O2. The Morgan fingerprint density at radius 1 is 1.35 bits per heavy atom. The number of aliphatic hydroxyl groups is 1. The molecule has 1 saturated heterocycles. The Morgan fingerprint density at radius 2 is 2.09 bits per heavy atom. The van der Waals surface area contributed by atoms with Crippen LogP contribution in [-0.4, -0.2) is 44.9 Å². The van der Waals surface area contributed by atoms with Gasteiger partial charge in [-0.3, -0.25) is 4.79 Å². The molecule has 0 aliphatic carbocycles. The molecule has 1 amide bonds. The van der Waals surface area contributed by atoms with Crippen LogP contribution in [0.2, 0.25) is 0 Å². The predicted molar refractivity (Wildman–Crippen MR) is 83.8 cm³/mol. The number of benzene rings is 1. The SMILES string of the molecule is CC(O)C1CCCN(C(=O)c2ccn(-c3ccc(F)cc3)n2)C1. The number of piperidine rings is 1. The van der Waals surface area contributed by atoms with Crippen molar-refractivity contribution in [2.45, 2.75) is 25.9 Å². The Labute approximate surface area is 134 Å². The lowest BCUT2D eigenvalue weighted by atomic mass is 9.93. The van der Waals surface area contributed by atoms with Crippen molar-refractivity contribution >= 4 is 5.91 Å². The summed E-state index contributed by atoms with van der Waals surface area (Å²) in [5.74, 6) is -0.321. The van der Waals surface area contributed by atoms with Gasteiger partial charge in [0.15, 0.2) is 5.69 Å². The first-order chi connectivity index (χ1) is 11.0. The van der Waals surface area contributed by atoms with Crippen LogP contribution in [0.4, 0.5) is 4.39 Å². The number of hydrogen-bond acceptors (Lipinski definition) is 3. The van der Waals surface area contributed by atoms with Crippen molar-refractivity contribution in [1.29, 1.82) is 0 Å². The molecule has 23 heavy (non-hydrogen) atoms. The van der Waals surface area contributed by atoms with Crippen LogP contribution in [0.5, 0.6) is 0 Å². The van der Waals surface area contributed by atoms with E-state index in [1.165, 1.54) is 12.1 Å². The molecule has 1 aromatic carbocycles. The molecule has 1 aliphatic heterocycles. The molecule has 5 nitrogen and oxygen atoms in total. The van der Waals surface area contributed by atoms with Crippen molar-refractivity contribution in [3.05, 3.63) is 48.0 Å². The van der Waals surface area contributed by atoms with Crippen molar-refractivity contribution in [3.8, 4) is 5.69 Å². The van der Waals surface area contributed by atoms with E-state index in [0.717, 1.165) is 12.8 Å². The lowest BCUT2D eigenvalue weighted by Crippen LogP contribution is -2.43. The number of aliphatic hydroxyl groups excluding tert-OH is 1. The largest absolute Gasteiger partial charge is 0.393 e. The summed E-state index contributed by atoms with van der Waals surface area (Å²) in [4.78, 5) is 14.3. The van der Waals surface area contributed by atoms with Crippen LogP contribution in [0.1, 0.15) is 30.3 Å². The van der Waals surface area contributed by atoms with Gasteiger partial charge in [-0.05, 0) is 50.1 Å². The van der Waals surface area contributed by atoms with Gasteiger partial charge in [0.2, 0.25) is 0 Å². The maximum atomic E-state index is 13.0. The van der Waals surface area contributed by atoms with E-state index >= 15 is 0 Å². The van der Waals surface area contributed by atoms with Crippen LogP contribution in [-0.2, 0) is 0 Å². The molecule has 3 rings (SSSR count). The van der Waals surface area contributed by atoms with E-state index in [-0.39, 0.29) is 17.6 Å². The third kappa shape index (κ3) is 3.42. The highest BCUT2D eigenvalue weighted by Crippen LogP contribution is 2.21. The Bertz CT molecular complexity index is 681. The zero-order valence-corrected chi connectivity index (χ0v) is 13.0. The highest BCUT2D eigenvalue weighted by Gasteiger charge is 2.28. The molecule has 1 N–H and O–H groups in total. The van der Waals surface area contributed by atoms with Crippen molar-refractivity contribution in [2.24, 2.45) is 5.92 Å². The fraction of sp³-hybridized carbons (Fsp3) is 0.412. The quantitative estimate of drug-likeness (QED) is 0.944. The van der Waals surface area contributed by atoms with Gasteiger partial charge in [0.1, 0.15) is 5.82 Å². The average molecular weight is 317 g/mol. The maximum Gasteiger partial charge on any atom is 0.274 e. The minimum atomic E-state index is -0.414. The fourth-order valence-electron chi connectivity index (χ4n) is 2.93. The summed E-state index contributed by atoms with van der Waals surface area (Å²) in [6, 6.07) is 7.60. The highest BCUT2D eigenvalue weighted by molar-refractivity contribution is 5.92. The maximum absolute atomic E-state index is 13.0. The molecule has 0 radical (unpaired) electrons. The number of hydrogen-bond donors (Lipinski definition) is 1. The first kappa shape index (κ1) is 15.7. The van der Waals surface area contributed by atoms with Crippen LogP contribution in [0.3, 0.4) is 0 Å². The number of carbonyl (C=O) groups excluding carboxylic acids is 1. The minimum absolute atomic E-state index is 0.117. The summed E-state index contributed by atoms with van der Waals surface area (Å²) < 4.78 is 14.5. The molecule has 1 fully saturated rings. The summed E-state index contributed by atoms with van der Waals surface area (Å²) in [5, 5.41) is 14.0. The second-order valence-electron chi connectivity index (χ2n) is 6.02. The summed E-state index contributed by atoms with van der Waals surface area (Å²) in [5.41, 5.74) is 1.06. The molecule has 0 bridgehead atoms. The molecule has 6 heteroatoms. The standard InChI is InChI=1S/C17H20FN3O2/c1-12(22)13-3-2-9-20(11-13)17(23)16-8-10-21(19-16)15-6-4-14(18)5-7-15/h4-8,10,12-13,22H,2-3,9,11H2,1H3. The molecule has 2 aromatic rings. The van der Waals surface area contributed by atoms with E-state index in [1.807, 2.05) is 0 Å². The monoisotopic (exact) mass is 317 g/mol. The Kier molecular flexibility index (Phi) is 4.43. The molecule has 1 aromatic heterocycles. The summed E-state index contributed by atoms with van der Waals surface area (Å²) in [7, 11) is 0. The smallest absolute Gasteiger partial charge is 0.274 e. The number of likely N-dealkylation sites (tertiary alicyclic amines) is 1. The van der Waals surface area contributed by atoms with Crippen LogP contribution in [0.15, 0.2) is 36.5 Å². The van der Waals surface area contributed by atoms with Gasteiger partial charge in [-0.2, -0.15) is 5.10 Å². The van der Waals surface area contributed by atoms with Crippen molar-refractivity contribution in [3.63, 3.8) is 0 Å². The normalized spacial score (nSPS) is 19.6. The second-order valence-corrected chi connectivity index (χ2v) is 6.02. The Balaban J connectivity index is 1.74. The van der Waals surface area contributed by atoms with E-state index < -0.39 is 6.10 Å². The van der Waals surface area contributed by atoms with E-state index in [0.29, 0.717) is 24.5 Å². The van der Waals surface area contributed by atoms with Gasteiger partial charge in [-0.1, -0.05) is 0 Å². The van der Waals surface area contributed by atoms with E-state index in [1.54, 1.807) is 40.9 Å². The van der Waals surface area contributed by atoms with E-state index in [4.69, 9.17) is 0 Å². The minimum Gasteiger partial charge on any atom is -0.393 e. The Hall–Kier alpha value is -2.21. The molecule has 2 unspecified atom stereocenters. The highest BCUT2D eigenvalue weighted by atomic mass is 19.1. The number of rotatable bonds is 3. The number of carbonyl (C=O) groups is 1. The molecular weight excluding hydrogens is 297 g/mol. The number of amides is 1. The van der Waals surface area contributed by atoms with Crippen molar-refractivity contribution < 1.29 is 14.3 Å². The summed E-state index contributed by atoms with van der Waals surface area (Å²) in [6.45, 7) is 3.01. The Morgan fingerprint density at radius 3 is 2.78 bits per heavy atom. The van der Waals surface area contributed by atoms with E-state index in [9.17, 15) is 14.3 Å². The van der Waals surface area contributed by atoms with Gasteiger partial charge < -0.3 is 10.0 Å². The van der Waals surface area contributed by atoms with Crippen molar-refractivity contribution in [1.82, 2.24) is 14.7 Å². The van der Waals surface area contributed by atoms with Gasteiger partial charge in [-0.25, -0.2) is 9.07 Å². The first-order valence-corrected chi connectivity index (χ1v) is 7.83. The van der Waals surface area contributed by atoms with Crippen LogP contribution >= 0.6 is 0 Å². The summed E-state index contributed by atoms with van der Waals surface area (Å²) in [6.07, 6.45) is 3.10. The fourth-order valence-corrected chi connectivity index (χ4v) is 2.93. The van der Waals surface area contributed by atoms with Gasteiger partial charge >= 0.3 is 0 Å². The van der Waals surface area contributed by atoms with Crippen LogP contribution in [0.25, 0.3) is 5.69 Å². The lowest BCUT2D eigenvalue weighted by Gasteiger charge is -2.33. The zero-order chi connectivity index (χ0) is 16.4. The number of halogens is 1. The third-order valence-electron chi connectivity index (χ3n) is 4.33. The van der Waals surface area contributed by atoms with Crippen LogP contribution in [0, 0.1) is 11.7 Å². The van der Waals surface area contributed by atoms with Gasteiger partial charge in [0.25, 0.3) is 5.91 Å². The van der Waals surface area contributed by atoms with Gasteiger partial charge in [-0.15, -0.1) is 0 Å². The van der Waals surface area contributed by atoms with E-state index in [2.05, 4.69) is 5.10 Å². The van der Waals surface area contributed by atoms with Gasteiger partial charge in [0, 0.05) is 25.2 Å². The summed E-state index contributed by atoms with van der Waals surface area (Å²) >= 11 is 0. The molecule has 122 valence electrons. The molecule has 1 aliphatic rings. The number of aromatic nitrogens is 2. The van der Waals surface area contributed by atoms with Gasteiger partial charge in [0.05, 0.1) is 11.8 Å². The topological polar surface area (TPSA) is 58.4 Å². The third-order valence-corrected chi connectivity index (χ3v) is 4.33. The zero-order valence-electron chi connectivity index (χ0n) is 13.0. The predicted octanol–water partition coefficient (Wildman–Crippen LogP) is 2.24. The first-order valence-electron chi connectivity index (χ1n) is 7.83. The lowest BCUT2D eigenvalue weighted by molar-refractivity contribution is 0.0461. The van der Waals surface area contributed by atoms with Crippen molar-refractivity contribution in [2.75, 3.05) is 13.1 Å². The molecule has 2 heterocycles.